The largest absolute Gasteiger partial charge is 0.480 e. The summed E-state index contributed by atoms with van der Waals surface area (Å²) in [6.45, 7) is 1.20. The molecule has 2 heterocycles. The summed E-state index contributed by atoms with van der Waals surface area (Å²) in [5.74, 6) is -0.757. The van der Waals surface area contributed by atoms with Crippen LogP contribution in [-0.2, 0) is 21.4 Å². The molecular weight excluding hydrogens is 276 g/mol. The lowest BCUT2D eigenvalue weighted by atomic mass is 10.6. The Labute approximate surface area is 107 Å². The number of aryl methyl sites for hydroxylation is 1. The Morgan fingerprint density at radius 2 is 2.32 bits per heavy atom. The maximum absolute atomic E-state index is 11.9. The number of anilines is 1. The van der Waals surface area contributed by atoms with Gasteiger partial charge in [-0.05, 0) is 6.92 Å². The van der Waals surface area contributed by atoms with Gasteiger partial charge >= 0.3 is 5.97 Å². The van der Waals surface area contributed by atoms with Crippen molar-refractivity contribution in [3.8, 4) is 0 Å². The van der Waals surface area contributed by atoms with Gasteiger partial charge < -0.3 is 5.11 Å². The summed E-state index contributed by atoms with van der Waals surface area (Å²) in [7, 11) is -3.89. The number of sulfonamides is 1. The average Bonchev–Trinajstić information content (AvgIpc) is 2.87. The molecule has 19 heavy (non-hydrogen) atoms. The normalized spacial score (nSPS) is 11.4. The van der Waals surface area contributed by atoms with Crippen molar-refractivity contribution in [1.82, 2.24) is 25.0 Å². The topological polar surface area (TPSA) is 143 Å². The van der Waals surface area contributed by atoms with Crippen LogP contribution in [0.2, 0.25) is 0 Å². The van der Waals surface area contributed by atoms with E-state index in [4.69, 9.17) is 5.11 Å². The first-order valence-corrected chi connectivity index (χ1v) is 6.51. The van der Waals surface area contributed by atoms with Crippen molar-refractivity contribution in [2.75, 3.05) is 4.72 Å². The van der Waals surface area contributed by atoms with Crippen molar-refractivity contribution in [2.24, 2.45) is 0 Å². The smallest absolute Gasteiger partial charge is 0.325 e. The third kappa shape index (κ3) is 3.07. The number of hydrogen-bond acceptors (Lipinski definition) is 6. The molecule has 2 rings (SSSR count). The minimum atomic E-state index is -3.89. The van der Waals surface area contributed by atoms with E-state index in [0.29, 0.717) is 5.82 Å². The van der Waals surface area contributed by atoms with Gasteiger partial charge in [0.1, 0.15) is 17.3 Å². The number of nitrogens with one attached hydrogen (secondary N) is 2. The molecule has 102 valence electrons. The Morgan fingerprint density at radius 1 is 1.58 bits per heavy atom. The highest BCUT2D eigenvalue weighted by atomic mass is 32.2. The summed E-state index contributed by atoms with van der Waals surface area (Å²) in [5, 5.41) is 18.3. The third-order valence-electron chi connectivity index (χ3n) is 2.04. The Morgan fingerprint density at radius 3 is 2.89 bits per heavy atom. The molecule has 0 atom stereocenters. The molecule has 0 spiro atoms. The van der Waals surface area contributed by atoms with E-state index in [1.165, 1.54) is 0 Å². The van der Waals surface area contributed by atoms with Crippen LogP contribution in [0.4, 0.5) is 5.95 Å². The summed E-state index contributed by atoms with van der Waals surface area (Å²) in [6.07, 6.45) is 2.15. The number of carboxylic acids is 1. The van der Waals surface area contributed by atoms with E-state index in [9.17, 15) is 13.2 Å². The van der Waals surface area contributed by atoms with E-state index in [1.807, 2.05) is 0 Å². The molecule has 0 bridgehead atoms. The van der Waals surface area contributed by atoms with E-state index < -0.39 is 22.5 Å². The number of aromatic amines is 1. The molecule has 0 saturated carbocycles. The van der Waals surface area contributed by atoms with Gasteiger partial charge in [0.15, 0.2) is 0 Å². The molecular formula is C8H10N6O4S. The number of aromatic nitrogens is 5. The molecule has 11 heteroatoms. The molecule has 0 aromatic carbocycles. The number of aliphatic carboxylic acids is 1. The Balaban J connectivity index is 2.19. The second-order valence-corrected chi connectivity index (χ2v) is 5.30. The highest BCUT2D eigenvalue weighted by Crippen LogP contribution is 2.11. The van der Waals surface area contributed by atoms with Gasteiger partial charge in [0, 0.05) is 6.20 Å². The van der Waals surface area contributed by atoms with Crippen LogP contribution in [0.1, 0.15) is 5.82 Å². The van der Waals surface area contributed by atoms with Gasteiger partial charge in [-0.15, -0.1) is 5.10 Å². The first-order valence-electron chi connectivity index (χ1n) is 5.03. The summed E-state index contributed by atoms with van der Waals surface area (Å²) < 4.78 is 26.9. The molecule has 0 fully saturated rings. The van der Waals surface area contributed by atoms with Crippen LogP contribution in [0.25, 0.3) is 0 Å². The number of hydrogen-bond donors (Lipinski definition) is 3. The fourth-order valence-electron chi connectivity index (χ4n) is 1.28. The second kappa shape index (κ2) is 4.68. The molecule has 2 aromatic rings. The van der Waals surface area contributed by atoms with Crippen molar-refractivity contribution in [3.05, 3.63) is 18.2 Å². The summed E-state index contributed by atoms with van der Waals surface area (Å²) >= 11 is 0. The Hall–Kier alpha value is -2.43. The first-order chi connectivity index (χ1) is 8.87. The predicted octanol–water partition coefficient (Wildman–Crippen LogP) is -0.805. The molecule has 0 aliphatic heterocycles. The standard InChI is InChI=1S/C8H10N6O4S/c1-5-10-8(12-11-5)13-19(17,18)6-2-9-14(3-6)4-7(15)16/h2-3H,4H2,1H3,(H,15,16)(H2,10,11,12,13). The van der Waals surface area contributed by atoms with Crippen LogP contribution >= 0.6 is 0 Å². The molecule has 0 saturated heterocycles. The van der Waals surface area contributed by atoms with Crippen LogP contribution in [-0.4, -0.2) is 44.5 Å². The van der Waals surface area contributed by atoms with Crippen LogP contribution in [0.5, 0.6) is 0 Å². The van der Waals surface area contributed by atoms with Gasteiger partial charge in [0.2, 0.25) is 0 Å². The van der Waals surface area contributed by atoms with Gasteiger partial charge in [-0.3, -0.25) is 14.6 Å². The molecule has 0 amide bonds. The van der Waals surface area contributed by atoms with Crippen LogP contribution in [0.3, 0.4) is 0 Å². The van der Waals surface area contributed by atoms with Crippen LogP contribution in [0.15, 0.2) is 17.3 Å². The zero-order valence-electron chi connectivity index (χ0n) is 9.73. The first kappa shape index (κ1) is 13.0. The van der Waals surface area contributed by atoms with Crippen molar-refractivity contribution < 1.29 is 18.3 Å². The molecule has 0 aliphatic rings. The minimum Gasteiger partial charge on any atom is -0.480 e. The lowest BCUT2D eigenvalue weighted by Crippen LogP contribution is -2.14. The lowest BCUT2D eigenvalue weighted by Gasteiger charge is -2.00. The van der Waals surface area contributed by atoms with Crippen molar-refractivity contribution in [3.63, 3.8) is 0 Å². The summed E-state index contributed by atoms with van der Waals surface area (Å²) in [6, 6.07) is 0. The highest BCUT2D eigenvalue weighted by Gasteiger charge is 2.19. The summed E-state index contributed by atoms with van der Waals surface area (Å²) in [5.41, 5.74) is 0. The average molecular weight is 286 g/mol. The fraction of sp³-hybridized carbons (Fsp3) is 0.250. The van der Waals surface area contributed by atoms with Gasteiger partial charge in [0.25, 0.3) is 16.0 Å². The SMILES string of the molecule is Cc1nc(NS(=O)(=O)c2cnn(CC(=O)O)c2)n[nH]1. The Kier molecular flexibility index (Phi) is 3.21. The number of rotatable bonds is 5. The fourth-order valence-corrected chi connectivity index (χ4v) is 2.17. The third-order valence-corrected chi connectivity index (χ3v) is 3.32. The molecule has 2 aromatic heterocycles. The number of carboxylic acid groups (broad SMARTS) is 1. The van der Waals surface area contributed by atoms with E-state index >= 15 is 0 Å². The minimum absolute atomic E-state index is 0.0940. The molecule has 10 nitrogen and oxygen atoms in total. The Bertz CT molecular complexity index is 702. The van der Waals surface area contributed by atoms with Gasteiger partial charge in [-0.2, -0.15) is 10.1 Å². The summed E-state index contributed by atoms with van der Waals surface area (Å²) in [4.78, 5) is 14.1. The zero-order chi connectivity index (χ0) is 14.0. The van der Waals surface area contributed by atoms with E-state index in [2.05, 4.69) is 25.0 Å². The van der Waals surface area contributed by atoms with E-state index in [-0.39, 0.29) is 10.8 Å². The maximum atomic E-state index is 11.9. The molecule has 3 N–H and O–H groups in total. The van der Waals surface area contributed by atoms with E-state index in [0.717, 1.165) is 17.1 Å². The van der Waals surface area contributed by atoms with Crippen molar-refractivity contribution in [1.29, 1.82) is 0 Å². The predicted molar refractivity (Wildman–Crippen MR) is 61.8 cm³/mol. The van der Waals surface area contributed by atoms with Crippen molar-refractivity contribution >= 4 is 21.9 Å². The van der Waals surface area contributed by atoms with Crippen LogP contribution in [0, 0.1) is 6.92 Å². The van der Waals surface area contributed by atoms with Gasteiger partial charge in [0.05, 0.1) is 6.20 Å². The van der Waals surface area contributed by atoms with Crippen LogP contribution < -0.4 is 4.72 Å². The van der Waals surface area contributed by atoms with Gasteiger partial charge in [-0.1, -0.05) is 0 Å². The second-order valence-electron chi connectivity index (χ2n) is 3.62. The lowest BCUT2D eigenvalue weighted by molar-refractivity contribution is -0.137. The molecule has 0 aliphatic carbocycles. The zero-order valence-corrected chi connectivity index (χ0v) is 10.5. The quantitative estimate of drug-likeness (QED) is 0.652. The number of carbonyl (C=O) groups is 1. The maximum Gasteiger partial charge on any atom is 0.325 e. The van der Waals surface area contributed by atoms with Gasteiger partial charge in [-0.25, -0.2) is 13.1 Å². The van der Waals surface area contributed by atoms with E-state index in [1.54, 1.807) is 6.92 Å². The molecule has 0 radical (unpaired) electrons. The number of nitrogens with zero attached hydrogens (tertiary/aromatic N) is 4. The number of H-pyrrole nitrogens is 1. The van der Waals surface area contributed by atoms with Crippen molar-refractivity contribution in [2.45, 2.75) is 18.4 Å². The highest BCUT2D eigenvalue weighted by molar-refractivity contribution is 7.92. The monoisotopic (exact) mass is 286 g/mol. The molecule has 0 unspecified atom stereocenters.